The SMILES string of the molecule is CCCCCNC(=O)c1ccc(-n2nc(C)c(Br)c2C)cc1. The summed E-state index contributed by atoms with van der Waals surface area (Å²) in [4.78, 5) is 12.0. The number of nitrogens with one attached hydrogen (secondary N) is 1. The van der Waals surface area contributed by atoms with E-state index in [0.717, 1.165) is 47.4 Å². The van der Waals surface area contributed by atoms with Gasteiger partial charge in [0.2, 0.25) is 0 Å². The molecule has 0 atom stereocenters. The lowest BCUT2D eigenvalue weighted by atomic mass is 10.2. The summed E-state index contributed by atoms with van der Waals surface area (Å²) in [5, 5.41) is 7.44. The Balaban J connectivity index is 2.07. The van der Waals surface area contributed by atoms with E-state index in [4.69, 9.17) is 0 Å². The van der Waals surface area contributed by atoms with Crippen LogP contribution in [-0.2, 0) is 0 Å². The van der Waals surface area contributed by atoms with Gasteiger partial charge in [-0.3, -0.25) is 4.79 Å². The number of aromatic nitrogens is 2. The highest BCUT2D eigenvalue weighted by Gasteiger charge is 2.11. The van der Waals surface area contributed by atoms with Gasteiger partial charge in [-0.25, -0.2) is 4.68 Å². The van der Waals surface area contributed by atoms with Crippen LogP contribution in [-0.4, -0.2) is 22.2 Å². The number of hydrogen-bond acceptors (Lipinski definition) is 2. The smallest absolute Gasteiger partial charge is 0.251 e. The van der Waals surface area contributed by atoms with Crippen molar-refractivity contribution in [3.8, 4) is 5.69 Å². The predicted octanol–water partition coefficient (Wildman–Crippen LogP) is 4.17. The maximum absolute atomic E-state index is 12.0. The van der Waals surface area contributed by atoms with Crippen molar-refractivity contribution in [3.63, 3.8) is 0 Å². The molecule has 0 aliphatic carbocycles. The number of amides is 1. The first-order valence-electron chi connectivity index (χ1n) is 7.65. The maximum Gasteiger partial charge on any atom is 0.251 e. The molecule has 2 aromatic rings. The minimum atomic E-state index is -0.0165. The minimum Gasteiger partial charge on any atom is -0.352 e. The molecule has 1 aromatic heterocycles. The Kier molecular flexibility index (Phi) is 5.77. The summed E-state index contributed by atoms with van der Waals surface area (Å²) in [6, 6.07) is 7.53. The van der Waals surface area contributed by atoms with Crippen LogP contribution in [0.4, 0.5) is 0 Å². The molecule has 2 rings (SSSR count). The molecule has 1 aromatic carbocycles. The third-order valence-electron chi connectivity index (χ3n) is 3.64. The van der Waals surface area contributed by atoms with Gasteiger partial charge in [0.15, 0.2) is 0 Å². The highest BCUT2D eigenvalue weighted by molar-refractivity contribution is 9.10. The Labute approximate surface area is 140 Å². The molecule has 0 spiro atoms. The van der Waals surface area contributed by atoms with E-state index in [1.807, 2.05) is 42.8 Å². The van der Waals surface area contributed by atoms with Crippen LogP contribution in [0.25, 0.3) is 5.69 Å². The summed E-state index contributed by atoms with van der Waals surface area (Å²) in [5.41, 5.74) is 3.64. The van der Waals surface area contributed by atoms with Gasteiger partial charge in [0.25, 0.3) is 5.91 Å². The van der Waals surface area contributed by atoms with Gasteiger partial charge >= 0.3 is 0 Å². The van der Waals surface area contributed by atoms with Crippen molar-refractivity contribution in [2.45, 2.75) is 40.0 Å². The number of hydrogen-bond donors (Lipinski definition) is 1. The molecular weight excluding hydrogens is 342 g/mol. The lowest BCUT2D eigenvalue weighted by Crippen LogP contribution is -2.24. The van der Waals surface area contributed by atoms with Crippen LogP contribution in [0.5, 0.6) is 0 Å². The van der Waals surface area contributed by atoms with Crippen molar-refractivity contribution < 1.29 is 4.79 Å². The molecule has 4 nitrogen and oxygen atoms in total. The highest BCUT2D eigenvalue weighted by atomic mass is 79.9. The van der Waals surface area contributed by atoms with Crippen molar-refractivity contribution in [1.29, 1.82) is 0 Å². The molecular formula is C17H22BrN3O. The van der Waals surface area contributed by atoms with Gasteiger partial charge in [0, 0.05) is 12.1 Å². The molecule has 0 saturated carbocycles. The summed E-state index contributed by atoms with van der Waals surface area (Å²) < 4.78 is 2.90. The van der Waals surface area contributed by atoms with Crippen LogP contribution in [0.1, 0.15) is 47.9 Å². The van der Waals surface area contributed by atoms with Crippen LogP contribution >= 0.6 is 15.9 Å². The number of benzene rings is 1. The van der Waals surface area contributed by atoms with Crippen molar-refractivity contribution >= 4 is 21.8 Å². The molecule has 0 radical (unpaired) electrons. The van der Waals surface area contributed by atoms with Crippen LogP contribution in [0, 0.1) is 13.8 Å². The third-order valence-corrected chi connectivity index (χ3v) is 4.79. The normalized spacial score (nSPS) is 10.7. The Morgan fingerprint density at radius 3 is 2.45 bits per heavy atom. The molecule has 0 aliphatic rings. The van der Waals surface area contributed by atoms with E-state index < -0.39 is 0 Å². The van der Waals surface area contributed by atoms with E-state index in [2.05, 4.69) is 33.3 Å². The second-order valence-electron chi connectivity index (χ2n) is 5.41. The molecule has 0 aliphatic heterocycles. The van der Waals surface area contributed by atoms with E-state index in [1.54, 1.807) is 0 Å². The van der Waals surface area contributed by atoms with Gasteiger partial charge in [-0.2, -0.15) is 5.10 Å². The van der Waals surface area contributed by atoms with E-state index in [-0.39, 0.29) is 5.91 Å². The molecule has 0 bridgehead atoms. The summed E-state index contributed by atoms with van der Waals surface area (Å²) in [5.74, 6) is -0.0165. The molecule has 5 heteroatoms. The summed E-state index contributed by atoms with van der Waals surface area (Å²) in [7, 11) is 0. The minimum absolute atomic E-state index is 0.0165. The molecule has 0 unspecified atom stereocenters. The Bertz CT molecular complexity index is 647. The fraction of sp³-hybridized carbons (Fsp3) is 0.412. The maximum atomic E-state index is 12.0. The Morgan fingerprint density at radius 1 is 1.23 bits per heavy atom. The summed E-state index contributed by atoms with van der Waals surface area (Å²) in [6.45, 7) is 6.86. The quantitative estimate of drug-likeness (QED) is 0.782. The fourth-order valence-corrected chi connectivity index (χ4v) is 2.56. The van der Waals surface area contributed by atoms with Crippen LogP contribution in [0.15, 0.2) is 28.7 Å². The monoisotopic (exact) mass is 363 g/mol. The number of nitrogens with zero attached hydrogens (tertiary/aromatic N) is 2. The van der Waals surface area contributed by atoms with E-state index >= 15 is 0 Å². The van der Waals surface area contributed by atoms with Gasteiger partial charge in [0.05, 0.1) is 21.5 Å². The number of unbranched alkanes of at least 4 members (excludes halogenated alkanes) is 2. The topological polar surface area (TPSA) is 46.9 Å². The first-order chi connectivity index (χ1) is 10.5. The average Bonchev–Trinajstić information content (AvgIpc) is 2.79. The van der Waals surface area contributed by atoms with Gasteiger partial charge < -0.3 is 5.32 Å². The second-order valence-corrected chi connectivity index (χ2v) is 6.20. The molecule has 1 heterocycles. The first kappa shape index (κ1) is 16.7. The van der Waals surface area contributed by atoms with E-state index in [9.17, 15) is 4.79 Å². The van der Waals surface area contributed by atoms with Crippen molar-refractivity contribution in [1.82, 2.24) is 15.1 Å². The lowest BCUT2D eigenvalue weighted by molar-refractivity contribution is 0.0953. The zero-order valence-electron chi connectivity index (χ0n) is 13.3. The molecule has 0 saturated heterocycles. The molecule has 22 heavy (non-hydrogen) atoms. The van der Waals surface area contributed by atoms with Crippen LogP contribution < -0.4 is 5.32 Å². The average molecular weight is 364 g/mol. The second kappa shape index (κ2) is 7.58. The highest BCUT2D eigenvalue weighted by Crippen LogP contribution is 2.23. The van der Waals surface area contributed by atoms with E-state index in [0.29, 0.717) is 5.56 Å². The zero-order chi connectivity index (χ0) is 16.1. The third kappa shape index (κ3) is 3.77. The Morgan fingerprint density at radius 2 is 1.91 bits per heavy atom. The van der Waals surface area contributed by atoms with Crippen LogP contribution in [0.2, 0.25) is 0 Å². The number of carbonyl (C=O) groups is 1. The van der Waals surface area contributed by atoms with Gasteiger partial charge in [-0.1, -0.05) is 19.8 Å². The number of carbonyl (C=O) groups excluding carboxylic acids is 1. The number of aryl methyl sites for hydroxylation is 1. The molecule has 118 valence electrons. The molecule has 0 fully saturated rings. The van der Waals surface area contributed by atoms with Gasteiger partial charge in [-0.15, -0.1) is 0 Å². The van der Waals surface area contributed by atoms with Crippen LogP contribution in [0.3, 0.4) is 0 Å². The summed E-state index contributed by atoms with van der Waals surface area (Å²) in [6.07, 6.45) is 3.33. The Hall–Kier alpha value is -1.62. The fourth-order valence-electron chi connectivity index (χ4n) is 2.31. The van der Waals surface area contributed by atoms with Crippen molar-refractivity contribution in [2.75, 3.05) is 6.54 Å². The first-order valence-corrected chi connectivity index (χ1v) is 8.44. The standard InChI is InChI=1S/C17H22BrN3O/c1-4-5-6-11-19-17(22)14-7-9-15(10-8-14)21-13(3)16(18)12(2)20-21/h7-10H,4-6,11H2,1-3H3,(H,19,22). The van der Waals surface area contributed by atoms with Crippen molar-refractivity contribution in [3.05, 3.63) is 45.7 Å². The summed E-state index contributed by atoms with van der Waals surface area (Å²) >= 11 is 3.53. The molecule has 1 amide bonds. The van der Waals surface area contributed by atoms with Gasteiger partial charge in [0.1, 0.15) is 0 Å². The van der Waals surface area contributed by atoms with E-state index in [1.165, 1.54) is 0 Å². The zero-order valence-corrected chi connectivity index (χ0v) is 14.9. The largest absolute Gasteiger partial charge is 0.352 e. The molecule has 1 N–H and O–H groups in total. The van der Waals surface area contributed by atoms with Crippen molar-refractivity contribution in [2.24, 2.45) is 0 Å². The number of rotatable bonds is 6. The number of halogens is 1. The van der Waals surface area contributed by atoms with Gasteiger partial charge in [-0.05, 0) is 60.5 Å². The lowest BCUT2D eigenvalue weighted by Gasteiger charge is -2.07. The predicted molar refractivity (Wildman–Crippen MR) is 92.6 cm³/mol.